The first-order valence-corrected chi connectivity index (χ1v) is 4.28. The summed E-state index contributed by atoms with van der Waals surface area (Å²) >= 11 is 2.66. The van der Waals surface area contributed by atoms with E-state index in [1.807, 2.05) is 0 Å². The molecule has 76 valence electrons. The molecule has 0 aliphatic heterocycles. The maximum Gasteiger partial charge on any atom is 0.337 e. The molecule has 0 bridgehead atoms. The molecular weight excluding hydrogens is 262 g/mol. The highest BCUT2D eigenvalue weighted by molar-refractivity contribution is 9.10. The summed E-state index contributed by atoms with van der Waals surface area (Å²) in [5.41, 5.74) is -0.613. The molecule has 0 saturated carbocycles. The van der Waals surface area contributed by atoms with Crippen LogP contribution in [0.4, 0.5) is 8.78 Å². The molecule has 0 aliphatic carbocycles. The summed E-state index contributed by atoms with van der Waals surface area (Å²) in [4.78, 5) is 10.4. The number of hydrogen-bond acceptors (Lipinski definition) is 2. The lowest BCUT2D eigenvalue weighted by molar-refractivity contribution is -0.147. The van der Waals surface area contributed by atoms with Gasteiger partial charge in [0.2, 0.25) is 0 Å². The number of benzene rings is 1. The number of rotatable bonds is 2. The smallest absolute Gasteiger partial charge is 0.337 e. The quantitative estimate of drug-likeness (QED) is 0.804. The molecule has 0 amide bonds. The fourth-order valence-electron chi connectivity index (χ4n) is 0.917. The summed E-state index contributed by atoms with van der Waals surface area (Å²) in [6.45, 7) is 0. The molecule has 0 heterocycles. The molecule has 1 aromatic rings. The number of aliphatic hydroxyl groups is 1. The first-order valence-electron chi connectivity index (χ1n) is 3.49. The molecule has 3 nitrogen and oxygen atoms in total. The van der Waals surface area contributed by atoms with Gasteiger partial charge in [-0.3, -0.25) is 0 Å². The van der Waals surface area contributed by atoms with Gasteiger partial charge in [0.15, 0.2) is 6.10 Å². The highest BCUT2D eigenvalue weighted by Crippen LogP contribution is 2.28. The van der Waals surface area contributed by atoms with Gasteiger partial charge in [0.25, 0.3) is 0 Å². The van der Waals surface area contributed by atoms with Gasteiger partial charge >= 0.3 is 5.97 Å². The molecule has 0 saturated heterocycles. The van der Waals surface area contributed by atoms with Crippen LogP contribution in [0.25, 0.3) is 0 Å². The maximum absolute atomic E-state index is 13.0. The Morgan fingerprint density at radius 1 is 1.36 bits per heavy atom. The zero-order valence-corrected chi connectivity index (χ0v) is 8.25. The number of halogens is 3. The summed E-state index contributed by atoms with van der Waals surface area (Å²) in [5.74, 6) is -3.45. The van der Waals surface area contributed by atoms with E-state index in [1.54, 1.807) is 0 Å². The van der Waals surface area contributed by atoms with Crippen LogP contribution >= 0.6 is 15.9 Å². The van der Waals surface area contributed by atoms with Gasteiger partial charge in [-0.05, 0) is 28.1 Å². The van der Waals surface area contributed by atoms with E-state index < -0.39 is 29.3 Å². The second-order valence-electron chi connectivity index (χ2n) is 2.50. The van der Waals surface area contributed by atoms with Gasteiger partial charge in [-0.1, -0.05) is 0 Å². The van der Waals surface area contributed by atoms with Gasteiger partial charge in [-0.15, -0.1) is 0 Å². The van der Waals surface area contributed by atoms with E-state index in [0.29, 0.717) is 0 Å². The van der Waals surface area contributed by atoms with Crippen molar-refractivity contribution in [3.63, 3.8) is 0 Å². The standard InChI is InChI=1S/C8H5BrF2O3/c9-6-4(11)2-1-3(10)5(6)7(12)8(13)14/h1-2,7,12H,(H,13,14)/t7-/m0/s1. The fourth-order valence-corrected chi connectivity index (χ4v) is 1.46. The van der Waals surface area contributed by atoms with Crippen molar-refractivity contribution >= 4 is 21.9 Å². The molecule has 6 heteroatoms. The SMILES string of the molecule is O=C(O)[C@@H](O)c1c(F)ccc(F)c1Br. The van der Waals surface area contributed by atoms with E-state index in [9.17, 15) is 13.6 Å². The van der Waals surface area contributed by atoms with Crippen LogP contribution in [-0.2, 0) is 4.79 Å². The lowest BCUT2D eigenvalue weighted by atomic mass is 10.1. The van der Waals surface area contributed by atoms with Gasteiger partial charge in [0.05, 0.1) is 4.47 Å². The molecule has 0 spiro atoms. The molecule has 1 aromatic carbocycles. The lowest BCUT2D eigenvalue weighted by Gasteiger charge is -2.09. The average Bonchev–Trinajstić information content (AvgIpc) is 2.12. The number of carboxylic acid groups (broad SMARTS) is 1. The normalized spacial score (nSPS) is 12.6. The van der Waals surface area contributed by atoms with Crippen LogP contribution in [-0.4, -0.2) is 16.2 Å². The highest BCUT2D eigenvalue weighted by Gasteiger charge is 2.24. The minimum atomic E-state index is -2.08. The fraction of sp³-hybridized carbons (Fsp3) is 0.125. The van der Waals surface area contributed by atoms with Crippen molar-refractivity contribution in [1.29, 1.82) is 0 Å². The molecule has 14 heavy (non-hydrogen) atoms. The van der Waals surface area contributed by atoms with Gasteiger partial charge in [-0.25, -0.2) is 13.6 Å². The Balaban J connectivity index is 3.32. The van der Waals surface area contributed by atoms with Crippen LogP contribution < -0.4 is 0 Å². The van der Waals surface area contributed by atoms with Crippen LogP contribution in [0.2, 0.25) is 0 Å². The summed E-state index contributed by atoms with van der Waals surface area (Å²) in [6.07, 6.45) is -2.08. The van der Waals surface area contributed by atoms with Gasteiger partial charge in [0, 0.05) is 5.56 Å². The molecular formula is C8H5BrF2O3. The third kappa shape index (κ3) is 1.91. The van der Waals surface area contributed by atoms with Crippen LogP contribution in [0.5, 0.6) is 0 Å². The topological polar surface area (TPSA) is 57.5 Å². The Bertz CT molecular complexity index is 381. The Labute approximate surface area is 86.1 Å². The molecule has 0 aromatic heterocycles. The monoisotopic (exact) mass is 266 g/mol. The van der Waals surface area contributed by atoms with E-state index in [-0.39, 0.29) is 4.47 Å². The highest BCUT2D eigenvalue weighted by atomic mass is 79.9. The van der Waals surface area contributed by atoms with Crippen LogP contribution in [0.3, 0.4) is 0 Å². The molecule has 1 atom stereocenters. The minimum absolute atomic E-state index is 0.382. The first kappa shape index (κ1) is 11.1. The van der Waals surface area contributed by atoms with Gasteiger partial charge in [0.1, 0.15) is 11.6 Å². The van der Waals surface area contributed by atoms with Crippen molar-refractivity contribution in [3.05, 3.63) is 33.8 Å². The summed E-state index contributed by atoms with van der Waals surface area (Å²) in [7, 11) is 0. The summed E-state index contributed by atoms with van der Waals surface area (Å²) in [6, 6.07) is 1.58. The van der Waals surface area contributed by atoms with E-state index in [1.165, 1.54) is 0 Å². The number of carbonyl (C=O) groups is 1. The number of aliphatic hydroxyl groups excluding tert-OH is 1. The third-order valence-corrected chi connectivity index (χ3v) is 2.39. The van der Waals surface area contributed by atoms with E-state index in [0.717, 1.165) is 12.1 Å². The third-order valence-electron chi connectivity index (χ3n) is 1.59. The van der Waals surface area contributed by atoms with Crippen molar-refractivity contribution < 1.29 is 23.8 Å². The Hall–Kier alpha value is -1.01. The summed E-state index contributed by atoms with van der Waals surface area (Å²) in [5, 5.41) is 17.5. The average molecular weight is 267 g/mol. The van der Waals surface area contributed by atoms with Crippen LogP contribution in [0.15, 0.2) is 16.6 Å². The number of aliphatic carboxylic acids is 1. The van der Waals surface area contributed by atoms with Crippen molar-refractivity contribution in [2.45, 2.75) is 6.10 Å². The maximum atomic E-state index is 13.0. The zero-order valence-electron chi connectivity index (χ0n) is 6.67. The van der Waals surface area contributed by atoms with Gasteiger partial charge < -0.3 is 10.2 Å². The van der Waals surface area contributed by atoms with E-state index in [2.05, 4.69) is 15.9 Å². The summed E-state index contributed by atoms with van der Waals surface area (Å²) < 4.78 is 25.5. The lowest BCUT2D eigenvalue weighted by Crippen LogP contribution is -2.13. The molecule has 0 radical (unpaired) electrons. The van der Waals surface area contributed by atoms with E-state index in [4.69, 9.17) is 10.2 Å². The molecule has 2 N–H and O–H groups in total. The van der Waals surface area contributed by atoms with E-state index >= 15 is 0 Å². The number of hydrogen-bond donors (Lipinski definition) is 2. The van der Waals surface area contributed by atoms with Gasteiger partial charge in [-0.2, -0.15) is 0 Å². The molecule has 0 fully saturated rings. The Kier molecular flexibility index (Phi) is 3.17. The molecule has 0 unspecified atom stereocenters. The predicted octanol–water partition coefficient (Wildman–Crippen LogP) is 1.85. The minimum Gasteiger partial charge on any atom is -0.479 e. The molecule has 1 rings (SSSR count). The van der Waals surface area contributed by atoms with Crippen molar-refractivity contribution in [2.24, 2.45) is 0 Å². The largest absolute Gasteiger partial charge is 0.479 e. The second kappa shape index (κ2) is 4.02. The van der Waals surface area contributed by atoms with Crippen molar-refractivity contribution in [2.75, 3.05) is 0 Å². The second-order valence-corrected chi connectivity index (χ2v) is 3.29. The van der Waals surface area contributed by atoms with Crippen molar-refractivity contribution in [1.82, 2.24) is 0 Å². The Morgan fingerprint density at radius 2 is 1.86 bits per heavy atom. The predicted molar refractivity (Wildman–Crippen MR) is 46.7 cm³/mol. The molecule has 0 aliphatic rings. The van der Waals surface area contributed by atoms with Crippen LogP contribution in [0, 0.1) is 11.6 Å². The zero-order chi connectivity index (χ0) is 10.9. The van der Waals surface area contributed by atoms with Crippen molar-refractivity contribution in [3.8, 4) is 0 Å². The first-order chi connectivity index (χ1) is 6.45. The van der Waals surface area contributed by atoms with Crippen LogP contribution in [0.1, 0.15) is 11.7 Å². The Morgan fingerprint density at radius 3 is 2.36 bits per heavy atom. The number of carboxylic acids is 1.